The minimum absolute atomic E-state index is 0.170. The largest absolute Gasteiger partial charge is 0.390 e. The standard InChI is InChI=1S/C17H23NO2/c1-12-4-5-14(10-13(12)2)15-11-17(20-18-15)8-6-16(3,19)7-9-17/h4-5,10,19H,6-9,11H2,1-3H3. The number of benzene rings is 1. The summed E-state index contributed by atoms with van der Waals surface area (Å²) in [5.74, 6) is 0. The fraction of sp³-hybridized carbons (Fsp3) is 0.588. The van der Waals surface area contributed by atoms with E-state index >= 15 is 0 Å². The molecule has 1 aromatic carbocycles. The second-order valence-electron chi connectivity index (χ2n) is 6.79. The van der Waals surface area contributed by atoms with Crippen LogP contribution in [-0.4, -0.2) is 22.0 Å². The van der Waals surface area contributed by atoms with Gasteiger partial charge in [0.25, 0.3) is 0 Å². The molecule has 1 aromatic rings. The quantitative estimate of drug-likeness (QED) is 0.851. The number of rotatable bonds is 1. The van der Waals surface area contributed by atoms with E-state index in [9.17, 15) is 5.11 Å². The first-order valence-electron chi connectivity index (χ1n) is 7.44. The summed E-state index contributed by atoms with van der Waals surface area (Å²) in [5.41, 5.74) is 4.11. The van der Waals surface area contributed by atoms with Crippen LogP contribution >= 0.6 is 0 Å². The highest BCUT2D eigenvalue weighted by Crippen LogP contribution is 2.42. The van der Waals surface area contributed by atoms with E-state index in [1.807, 2.05) is 6.92 Å². The molecular formula is C17H23NO2. The molecule has 1 spiro atoms. The Kier molecular flexibility index (Phi) is 3.13. The molecular weight excluding hydrogens is 250 g/mol. The number of nitrogens with zero attached hydrogens (tertiary/aromatic N) is 1. The van der Waals surface area contributed by atoms with E-state index in [-0.39, 0.29) is 5.60 Å². The van der Waals surface area contributed by atoms with Gasteiger partial charge in [0.2, 0.25) is 0 Å². The summed E-state index contributed by atoms with van der Waals surface area (Å²) in [6.45, 7) is 6.17. The fourth-order valence-electron chi connectivity index (χ4n) is 3.11. The van der Waals surface area contributed by atoms with E-state index in [2.05, 4.69) is 37.2 Å². The summed E-state index contributed by atoms with van der Waals surface area (Å²) < 4.78 is 0. The van der Waals surface area contributed by atoms with Crippen molar-refractivity contribution >= 4 is 5.71 Å². The van der Waals surface area contributed by atoms with Crippen LogP contribution in [0.15, 0.2) is 23.4 Å². The van der Waals surface area contributed by atoms with Crippen LogP contribution in [0.3, 0.4) is 0 Å². The zero-order chi connectivity index (χ0) is 14.4. The van der Waals surface area contributed by atoms with Gasteiger partial charge in [-0.3, -0.25) is 0 Å². The minimum Gasteiger partial charge on any atom is -0.390 e. The van der Waals surface area contributed by atoms with Crippen LogP contribution < -0.4 is 0 Å². The van der Waals surface area contributed by atoms with Crippen LogP contribution in [0.25, 0.3) is 0 Å². The Labute approximate surface area is 120 Å². The summed E-state index contributed by atoms with van der Waals surface area (Å²) in [4.78, 5) is 5.79. The average Bonchev–Trinajstić information content (AvgIpc) is 2.82. The zero-order valence-electron chi connectivity index (χ0n) is 12.6. The van der Waals surface area contributed by atoms with Crippen LogP contribution in [-0.2, 0) is 4.84 Å². The average molecular weight is 273 g/mol. The van der Waals surface area contributed by atoms with Crippen molar-refractivity contribution in [2.45, 2.75) is 64.1 Å². The van der Waals surface area contributed by atoms with Gasteiger partial charge in [-0.2, -0.15) is 0 Å². The van der Waals surface area contributed by atoms with Crippen molar-refractivity contribution in [1.29, 1.82) is 0 Å². The third-order valence-corrected chi connectivity index (χ3v) is 4.92. The van der Waals surface area contributed by atoms with Crippen molar-refractivity contribution in [3.05, 3.63) is 34.9 Å². The van der Waals surface area contributed by atoms with E-state index in [0.29, 0.717) is 0 Å². The summed E-state index contributed by atoms with van der Waals surface area (Å²) in [6, 6.07) is 6.46. The highest BCUT2D eigenvalue weighted by Gasteiger charge is 2.45. The molecule has 0 unspecified atom stereocenters. The zero-order valence-corrected chi connectivity index (χ0v) is 12.6. The molecule has 20 heavy (non-hydrogen) atoms. The van der Waals surface area contributed by atoms with E-state index in [4.69, 9.17) is 4.84 Å². The summed E-state index contributed by atoms with van der Waals surface area (Å²) in [7, 11) is 0. The first kappa shape index (κ1) is 13.6. The Morgan fingerprint density at radius 3 is 2.45 bits per heavy atom. The SMILES string of the molecule is Cc1ccc(C2=NOC3(CCC(C)(O)CC3)C2)cc1C. The summed E-state index contributed by atoms with van der Waals surface area (Å²) >= 11 is 0. The van der Waals surface area contributed by atoms with Crippen LogP contribution in [0.4, 0.5) is 0 Å². The lowest BCUT2D eigenvalue weighted by molar-refractivity contribution is -0.0954. The molecule has 1 aliphatic carbocycles. The predicted molar refractivity (Wildman–Crippen MR) is 80.0 cm³/mol. The molecule has 1 aliphatic heterocycles. The number of hydrogen-bond acceptors (Lipinski definition) is 3. The normalized spacial score (nSPS) is 33.1. The van der Waals surface area contributed by atoms with Crippen molar-refractivity contribution < 1.29 is 9.94 Å². The van der Waals surface area contributed by atoms with Crippen molar-refractivity contribution in [2.75, 3.05) is 0 Å². The van der Waals surface area contributed by atoms with E-state index in [1.54, 1.807) is 0 Å². The molecule has 0 amide bonds. The van der Waals surface area contributed by atoms with Crippen LogP contribution in [0.5, 0.6) is 0 Å². The maximum atomic E-state index is 10.1. The third kappa shape index (κ3) is 2.47. The molecule has 1 N–H and O–H groups in total. The monoisotopic (exact) mass is 273 g/mol. The molecule has 3 nitrogen and oxygen atoms in total. The molecule has 1 saturated carbocycles. The van der Waals surface area contributed by atoms with Crippen LogP contribution in [0.2, 0.25) is 0 Å². The lowest BCUT2D eigenvalue weighted by Gasteiger charge is -2.38. The predicted octanol–water partition coefficient (Wildman–Crippen LogP) is 3.49. The molecule has 3 rings (SSSR count). The first-order valence-corrected chi connectivity index (χ1v) is 7.44. The first-order chi connectivity index (χ1) is 9.39. The molecule has 0 aromatic heterocycles. The van der Waals surface area contributed by atoms with Gasteiger partial charge in [0.15, 0.2) is 0 Å². The van der Waals surface area contributed by atoms with Gasteiger partial charge in [-0.25, -0.2) is 0 Å². The van der Waals surface area contributed by atoms with Crippen molar-refractivity contribution in [3.63, 3.8) is 0 Å². The number of aryl methyl sites for hydroxylation is 2. The smallest absolute Gasteiger partial charge is 0.143 e. The van der Waals surface area contributed by atoms with Crippen molar-refractivity contribution in [2.24, 2.45) is 5.16 Å². The van der Waals surface area contributed by atoms with Gasteiger partial charge in [0.05, 0.1) is 11.3 Å². The minimum atomic E-state index is -0.530. The topological polar surface area (TPSA) is 41.8 Å². The van der Waals surface area contributed by atoms with Crippen molar-refractivity contribution in [1.82, 2.24) is 0 Å². The van der Waals surface area contributed by atoms with Gasteiger partial charge in [-0.05, 0) is 69.2 Å². The molecule has 2 aliphatic rings. The molecule has 0 radical (unpaired) electrons. The lowest BCUT2D eigenvalue weighted by Crippen LogP contribution is -2.41. The van der Waals surface area contributed by atoms with E-state index in [1.165, 1.54) is 16.7 Å². The van der Waals surface area contributed by atoms with Gasteiger partial charge in [0.1, 0.15) is 5.60 Å². The molecule has 1 heterocycles. The maximum absolute atomic E-state index is 10.1. The Bertz CT molecular complexity index is 550. The third-order valence-electron chi connectivity index (χ3n) is 4.92. The van der Waals surface area contributed by atoms with E-state index < -0.39 is 5.60 Å². The van der Waals surface area contributed by atoms with Gasteiger partial charge in [-0.15, -0.1) is 0 Å². The summed E-state index contributed by atoms with van der Waals surface area (Å²) in [6.07, 6.45) is 4.23. The van der Waals surface area contributed by atoms with Crippen LogP contribution in [0.1, 0.15) is 55.7 Å². The Morgan fingerprint density at radius 1 is 1.10 bits per heavy atom. The Hall–Kier alpha value is -1.35. The summed E-state index contributed by atoms with van der Waals surface area (Å²) in [5, 5.41) is 14.4. The maximum Gasteiger partial charge on any atom is 0.143 e. The van der Waals surface area contributed by atoms with Crippen molar-refractivity contribution in [3.8, 4) is 0 Å². The molecule has 0 saturated heterocycles. The van der Waals surface area contributed by atoms with Gasteiger partial charge >= 0.3 is 0 Å². The Morgan fingerprint density at radius 2 is 1.80 bits per heavy atom. The number of aliphatic hydroxyl groups is 1. The van der Waals surface area contributed by atoms with E-state index in [0.717, 1.165) is 37.8 Å². The second kappa shape index (κ2) is 4.59. The molecule has 1 fully saturated rings. The fourth-order valence-corrected chi connectivity index (χ4v) is 3.11. The molecule has 0 bridgehead atoms. The Balaban J connectivity index is 1.74. The van der Waals surface area contributed by atoms with Gasteiger partial charge in [0, 0.05) is 6.42 Å². The molecule has 108 valence electrons. The number of hydrogen-bond donors (Lipinski definition) is 1. The molecule has 0 atom stereocenters. The second-order valence-corrected chi connectivity index (χ2v) is 6.79. The highest BCUT2D eigenvalue weighted by atomic mass is 16.7. The van der Waals surface area contributed by atoms with Gasteiger partial charge < -0.3 is 9.94 Å². The van der Waals surface area contributed by atoms with Crippen LogP contribution in [0, 0.1) is 13.8 Å². The number of oxime groups is 1. The molecule has 3 heteroatoms. The highest BCUT2D eigenvalue weighted by molar-refractivity contribution is 6.01. The lowest BCUT2D eigenvalue weighted by atomic mass is 9.74. The van der Waals surface area contributed by atoms with Gasteiger partial charge in [-0.1, -0.05) is 17.3 Å².